The SMILES string of the molecule is O=C(Cn1c(=O)nc(-c2ccccc2)c2cc(Cl)ccc21)NCCc1cccs1. The van der Waals surface area contributed by atoms with Crippen LogP contribution in [0.5, 0.6) is 0 Å². The van der Waals surface area contributed by atoms with Crippen LogP contribution in [0.2, 0.25) is 5.02 Å². The molecule has 146 valence electrons. The van der Waals surface area contributed by atoms with E-state index in [4.69, 9.17) is 11.6 Å². The molecule has 0 aliphatic carbocycles. The second-order valence-electron chi connectivity index (χ2n) is 6.54. The average Bonchev–Trinajstić information content (AvgIpc) is 3.24. The molecule has 0 aliphatic rings. The first kappa shape index (κ1) is 19.4. The third kappa shape index (κ3) is 4.39. The maximum Gasteiger partial charge on any atom is 0.349 e. The lowest BCUT2D eigenvalue weighted by Crippen LogP contribution is -2.34. The summed E-state index contributed by atoms with van der Waals surface area (Å²) in [5.41, 5.74) is 1.54. The molecule has 2 heterocycles. The van der Waals surface area contributed by atoms with Gasteiger partial charge in [0.25, 0.3) is 0 Å². The van der Waals surface area contributed by atoms with E-state index < -0.39 is 5.69 Å². The van der Waals surface area contributed by atoms with Gasteiger partial charge in [0.15, 0.2) is 0 Å². The van der Waals surface area contributed by atoms with Gasteiger partial charge in [-0.25, -0.2) is 4.79 Å². The van der Waals surface area contributed by atoms with Gasteiger partial charge in [-0.15, -0.1) is 11.3 Å². The van der Waals surface area contributed by atoms with Crippen molar-refractivity contribution in [3.05, 3.63) is 86.4 Å². The van der Waals surface area contributed by atoms with Gasteiger partial charge in [0.1, 0.15) is 6.54 Å². The fourth-order valence-corrected chi connectivity index (χ4v) is 4.08. The van der Waals surface area contributed by atoms with Crippen molar-refractivity contribution in [1.29, 1.82) is 0 Å². The Hall–Kier alpha value is -2.96. The minimum Gasteiger partial charge on any atom is -0.354 e. The Morgan fingerprint density at radius 1 is 1.10 bits per heavy atom. The van der Waals surface area contributed by atoms with Gasteiger partial charge in [0, 0.05) is 27.4 Å². The highest BCUT2D eigenvalue weighted by atomic mass is 35.5. The lowest BCUT2D eigenvalue weighted by atomic mass is 10.1. The fourth-order valence-electron chi connectivity index (χ4n) is 3.20. The van der Waals surface area contributed by atoms with Gasteiger partial charge < -0.3 is 5.32 Å². The van der Waals surface area contributed by atoms with Crippen molar-refractivity contribution in [1.82, 2.24) is 14.9 Å². The molecule has 0 aliphatic heterocycles. The zero-order valence-electron chi connectivity index (χ0n) is 15.5. The van der Waals surface area contributed by atoms with Crippen molar-refractivity contribution in [3.8, 4) is 11.3 Å². The summed E-state index contributed by atoms with van der Waals surface area (Å²) in [5.74, 6) is -0.228. The van der Waals surface area contributed by atoms with E-state index in [9.17, 15) is 9.59 Å². The normalized spacial score (nSPS) is 10.9. The van der Waals surface area contributed by atoms with Crippen LogP contribution in [-0.4, -0.2) is 22.0 Å². The number of carbonyl (C=O) groups is 1. The molecule has 2 aromatic heterocycles. The molecular weight excluding hydrogens is 406 g/mol. The highest BCUT2D eigenvalue weighted by molar-refractivity contribution is 7.09. The molecule has 1 N–H and O–H groups in total. The highest BCUT2D eigenvalue weighted by Crippen LogP contribution is 2.27. The summed E-state index contributed by atoms with van der Waals surface area (Å²) in [6, 6.07) is 18.7. The smallest absolute Gasteiger partial charge is 0.349 e. The van der Waals surface area contributed by atoms with Crippen LogP contribution in [0.4, 0.5) is 0 Å². The number of benzene rings is 2. The number of nitrogens with one attached hydrogen (secondary N) is 1. The van der Waals surface area contributed by atoms with Crippen LogP contribution in [0.1, 0.15) is 4.88 Å². The van der Waals surface area contributed by atoms with E-state index in [1.54, 1.807) is 29.5 Å². The van der Waals surface area contributed by atoms with E-state index in [1.165, 1.54) is 9.44 Å². The molecule has 5 nitrogen and oxygen atoms in total. The monoisotopic (exact) mass is 423 g/mol. The molecule has 0 unspecified atom stereocenters. The third-order valence-corrected chi connectivity index (χ3v) is 5.74. The summed E-state index contributed by atoms with van der Waals surface area (Å²) < 4.78 is 1.39. The van der Waals surface area contributed by atoms with Crippen molar-refractivity contribution in [2.45, 2.75) is 13.0 Å². The topological polar surface area (TPSA) is 64.0 Å². The molecule has 1 amide bonds. The molecule has 0 saturated heterocycles. The number of nitrogens with zero attached hydrogens (tertiary/aromatic N) is 2. The molecule has 0 saturated carbocycles. The number of fused-ring (bicyclic) bond motifs is 1. The maximum atomic E-state index is 12.7. The first-order valence-electron chi connectivity index (χ1n) is 9.16. The molecule has 0 fully saturated rings. The number of halogens is 1. The van der Waals surface area contributed by atoms with Crippen LogP contribution >= 0.6 is 22.9 Å². The number of hydrogen-bond acceptors (Lipinski definition) is 4. The number of aromatic nitrogens is 2. The quantitative estimate of drug-likeness (QED) is 0.507. The number of carbonyl (C=O) groups excluding carboxylic acids is 1. The zero-order valence-corrected chi connectivity index (χ0v) is 17.0. The van der Waals surface area contributed by atoms with E-state index in [0.717, 1.165) is 17.4 Å². The van der Waals surface area contributed by atoms with E-state index in [-0.39, 0.29) is 12.5 Å². The van der Waals surface area contributed by atoms with Gasteiger partial charge in [-0.1, -0.05) is 48.0 Å². The Kier molecular flexibility index (Phi) is 5.74. The Bertz CT molecular complexity index is 1200. The summed E-state index contributed by atoms with van der Waals surface area (Å²) in [4.78, 5) is 30.6. The fraction of sp³-hybridized carbons (Fsp3) is 0.136. The van der Waals surface area contributed by atoms with E-state index in [2.05, 4.69) is 10.3 Å². The number of rotatable bonds is 6. The van der Waals surface area contributed by atoms with Crippen LogP contribution in [0.25, 0.3) is 22.2 Å². The second-order valence-corrected chi connectivity index (χ2v) is 8.00. The molecule has 0 bridgehead atoms. The molecular formula is C22H18ClN3O2S. The van der Waals surface area contributed by atoms with Crippen molar-refractivity contribution >= 4 is 39.7 Å². The maximum absolute atomic E-state index is 12.7. The van der Waals surface area contributed by atoms with Crippen molar-refractivity contribution < 1.29 is 4.79 Å². The van der Waals surface area contributed by atoms with Gasteiger partial charge in [0.05, 0.1) is 11.2 Å². The van der Waals surface area contributed by atoms with E-state index >= 15 is 0 Å². The Labute approximate surface area is 176 Å². The van der Waals surface area contributed by atoms with Gasteiger partial charge in [-0.05, 0) is 36.1 Å². The zero-order chi connectivity index (χ0) is 20.2. The molecule has 7 heteroatoms. The number of hydrogen-bond donors (Lipinski definition) is 1. The molecule has 4 rings (SSSR count). The van der Waals surface area contributed by atoms with Gasteiger partial charge >= 0.3 is 5.69 Å². The molecule has 0 spiro atoms. The minimum absolute atomic E-state index is 0.0938. The summed E-state index contributed by atoms with van der Waals surface area (Å²) in [6.07, 6.45) is 0.764. The van der Waals surface area contributed by atoms with Crippen molar-refractivity contribution in [3.63, 3.8) is 0 Å². The Balaban J connectivity index is 1.64. The summed E-state index contributed by atoms with van der Waals surface area (Å²) >= 11 is 7.85. The van der Waals surface area contributed by atoms with Gasteiger partial charge in [-0.3, -0.25) is 9.36 Å². The summed E-state index contributed by atoms with van der Waals surface area (Å²) in [7, 11) is 0. The highest BCUT2D eigenvalue weighted by Gasteiger charge is 2.14. The first-order chi connectivity index (χ1) is 14.1. The molecule has 0 radical (unpaired) electrons. The first-order valence-corrected chi connectivity index (χ1v) is 10.4. The summed E-state index contributed by atoms with van der Waals surface area (Å²) in [5, 5.41) is 6.16. The van der Waals surface area contributed by atoms with Crippen LogP contribution in [0.15, 0.2) is 70.8 Å². The molecule has 29 heavy (non-hydrogen) atoms. The predicted octanol–water partition coefficient (Wildman–Crippen LogP) is 4.14. The van der Waals surface area contributed by atoms with Crippen LogP contribution in [0.3, 0.4) is 0 Å². The molecule has 2 aromatic carbocycles. The number of amides is 1. The Morgan fingerprint density at radius 2 is 1.93 bits per heavy atom. The van der Waals surface area contributed by atoms with Crippen LogP contribution in [-0.2, 0) is 17.8 Å². The standard InChI is InChI=1S/C22H18ClN3O2S/c23-16-8-9-19-18(13-16)21(15-5-2-1-3-6-15)25-22(28)26(19)14-20(27)24-11-10-17-7-4-12-29-17/h1-9,12-13H,10-11,14H2,(H,24,27). The summed E-state index contributed by atoms with van der Waals surface area (Å²) in [6.45, 7) is 0.427. The third-order valence-electron chi connectivity index (χ3n) is 4.57. The van der Waals surface area contributed by atoms with Crippen molar-refractivity contribution in [2.24, 2.45) is 0 Å². The predicted molar refractivity (Wildman–Crippen MR) is 117 cm³/mol. The molecule has 0 atom stereocenters. The largest absolute Gasteiger partial charge is 0.354 e. The van der Waals surface area contributed by atoms with Gasteiger partial charge in [0.2, 0.25) is 5.91 Å². The van der Waals surface area contributed by atoms with Crippen LogP contribution < -0.4 is 11.0 Å². The van der Waals surface area contributed by atoms with E-state index in [1.807, 2.05) is 47.8 Å². The molecule has 4 aromatic rings. The lowest BCUT2D eigenvalue weighted by Gasteiger charge is -2.13. The number of thiophene rings is 1. The second kappa shape index (κ2) is 8.59. The van der Waals surface area contributed by atoms with E-state index in [0.29, 0.717) is 22.8 Å². The Morgan fingerprint density at radius 3 is 2.69 bits per heavy atom. The average molecular weight is 424 g/mol. The minimum atomic E-state index is -0.466. The van der Waals surface area contributed by atoms with Gasteiger partial charge in [-0.2, -0.15) is 4.98 Å². The van der Waals surface area contributed by atoms with Crippen LogP contribution in [0, 0.1) is 0 Å². The van der Waals surface area contributed by atoms with Crippen molar-refractivity contribution in [2.75, 3.05) is 6.54 Å². The lowest BCUT2D eigenvalue weighted by molar-refractivity contribution is -0.121.